The molecule has 1 amide bonds. The van der Waals surface area contributed by atoms with Gasteiger partial charge in [-0.05, 0) is 49.9 Å². The minimum absolute atomic E-state index is 0.174. The van der Waals surface area contributed by atoms with Gasteiger partial charge in [0.2, 0.25) is 0 Å². The number of halogens is 1. The summed E-state index contributed by atoms with van der Waals surface area (Å²) in [5.41, 5.74) is 2.48. The third-order valence-electron chi connectivity index (χ3n) is 4.41. The topological polar surface area (TPSA) is 59.8 Å². The zero-order valence-electron chi connectivity index (χ0n) is 14.2. The Morgan fingerprint density at radius 3 is 3.00 bits per heavy atom. The summed E-state index contributed by atoms with van der Waals surface area (Å²) in [4.78, 5) is 18.4. The monoisotopic (exact) mass is 386 g/mol. The lowest BCUT2D eigenvalue weighted by atomic mass is 10.0. The standard InChI is InChI=1S/C19H19ClN4OS/c20-13-4-3-5-14(12-13)24-11-9-16(23-24)19(25)21-10-8-18-22-15-6-1-2-7-17(15)26-18/h3-5,9,11-12H,1-2,6-8,10H2,(H,21,25). The van der Waals surface area contributed by atoms with Crippen LogP contribution in [0.2, 0.25) is 5.02 Å². The van der Waals surface area contributed by atoms with E-state index < -0.39 is 0 Å². The van der Waals surface area contributed by atoms with Crippen LogP contribution in [-0.2, 0) is 19.3 Å². The van der Waals surface area contributed by atoms with Crippen LogP contribution >= 0.6 is 22.9 Å². The third kappa shape index (κ3) is 3.81. The normalized spacial score (nSPS) is 13.4. The lowest BCUT2D eigenvalue weighted by molar-refractivity contribution is 0.0948. The summed E-state index contributed by atoms with van der Waals surface area (Å²) < 4.78 is 1.65. The van der Waals surface area contributed by atoms with Crippen molar-refractivity contribution in [3.8, 4) is 5.69 Å². The number of amides is 1. The van der Waals surface area contributed by atoms with Crippen LogP contribution < -0.4 is 5.32 Å². The fourth-order valence-corrected chi connectivity index (χ4v) is 4.43. The van der Waals surface area contributed by atoms with E-state index in [0.29, 0.717) is 17.3 Å². The van der Waals surface area contributed by atoms with Crippen molar-refractivity contribution in [2.45, 2.75) is 32.1 Å². The molecule has 0 saturated heterocycles. The van der Waals surface area contributed by atoms with Gasteiger partial charge in [-0.1, -0.05) is 17.7 Å². The molecule has 0 radical (unpaired) electrons. The second kappa shape index (κ2) is 7.60. The Morgan fingerprint density at radius 2 is 2.15 bits per heavy atom. The number of nitrogens with zero attached hydrogens (tertiary/aromatic N) is 3. The highest BCUT2D eigenvalue weighted by Gasteiger charge is 2.15. The predicted molar refractivity (Wildman–Crippen MR) is 103 cm³/mol. The molecule has 1 aliphatic rings. The molecule has 3 aromatic rings. The van der Waals surface area contributed by atoms with Crippen LogP contribution in [0.3, 0.4) is 0 Å². The lowest BCUT2D eigenvalue weighted by Crippen LogP contribution is -2.26. The van der Waals surface area contributed by atoms with Gasteiger partial charge < -0.3 is 5.32 Å². The number of fused-ring (bicyclic) bond motifs is 1. The van der Waals surface area contributed by atoms with Crippen LogP contribution in [0.1, 0.15) is 38.9 Å². The number of hydrogen-bond acceptors (Lipinski definition) is 4. The van der Waals surface area contributed by atoms with Gasteiger partial charge in [-0.3, -0.25) is 4.79 Å². The number of rotatable bonds is 5. The first kappa shape index (κ1) is 17.2. The van der Waals surface area contributed by atoms with E-state index in [-0.39, 0.29) is 5.91 Å². The molecular weight excluding hydrogens is 368 g/mol. The fraction of sp³-hybridized carbons (Fsp3) is 0.316. The van der Waals surface area contributed by atoms with E-state index in [4.69, 9.17) is 16.6 Å². The fourth-order valence-electron chi connectivity index (χ4n) is 3.09. The van der Waals surface area contributed by atoms with Crippen molar-refractivity contribution >= 4 is 28.8 Å². The van der Waals surface area contributed by atoms with Crippen molar-refractivity contribution < 1.29 is 4.79 Å². The average molecular weight is 387 g/mol. The zero-order chi connectivity index (χ0) is 17.9. The molecule has 4 rings (SSSR count). The molecule has 5 nitrogen and oxygen atoms in total. The van der Waals surface area contributed by atoms with E-state index in [0.717, 1.165) is 30.0 Å². The van der Waals surface area contributed by atoms with E-state index in [1.165, 1.54) is 23.4 Å². The highest BCUT2D eigenvalue weighted by molar-refractivity contribution is 7.11. The molecule has 1 N–H and O–H groups in total. The Labute approximate surface area is 161 Å². The quantitative estimate of drug-likeness (QED) is 0.724. The summed E-state index contributed by atoms with van der Waals surface area (Å²) in [7, 11) is 0. The molecule has 2 aromatic heterocycles. The van der Waals surface area contributed by atoms with Crippen molar-refractivity contribution in [3.05, 3.63) is 62.8 Å². The molecule has 0 saturated carbocycles. The molecule has 26 heavy (non-hydrogen) atoms. The van der Waals surface area contributed by atoms with E-state index in [1.807, 2.05) is 12.1 Å². The highest BCUT2D eigenvalue weighted by atomic mass is 35.5. The van der Waals surface area contributed by atoms with Gasteiger partial charge in [0.25, 0.3) is 5.91 Å². The second-order valence-electron chi connectivity index (χ2n) is 6.32. The van der Waals surface area contributed by atoms with Gasteiger partial charge in [0, 0.05) is 29.1 Å². The summed E-state index contributed by atoms with van der Waals surface area (Å²) in [5, 5.41) is 9.01. The third-order valence-corrected chi connectivity index (χ3v) is 5.86. The molecular formula is C19H19ClN4OS. The van der Waals surface area contributed by atoms with Crippen LogP contribution in [0.15, 0.2) is 36.5 Å². The smallest absolute Gasteiger partial charge is 0.271 e. The number of aryl methyl sites for hydroxylation is 2. The predicted octanol–water partition coefficient (Wildman–Crippen LogP) is 3.83. The number of thiazole rings is 1. The molecule has 0 fully saturated rings. The Hall–Kier alpha value is -2.18. The van der Waals surface area contributed by atoms with Crippen LogP contribution in [-0.4, -0.2) is 27.2 Å². The van der Waals surface area contributed by atoms with Crippen LogP contribution in [0.25, 0.3) is 5.69 Å². The summed E-state index contributed by atoms with van der Waals surface area (Å²) >= 11 is 7.79. The molecule has 0 unspecified atom stereocenters. The molecule has 0 atom stereocenters. The number of carbonyl (C=O) groups is 1. The molecule has 1 aromatic carbocycles. The Bertz CT molecular complexity index is 910. The van der Waals surface area contributed by atoms with E-state index in [9.17, 15) is 4.79 Å². The first-order valence-corrected chi connectivity index (χ1v) is 9.96. The average Bonchev–Trinajstić information content (AvgIpc) is 3.28. The van der Waals surface area contributed by atoms with Crippen molar-refractivity contribution in [2.75, 3.05) is 6.54 Å². The Morgan fingerprint density at radius 1 is 1.27 bits per heavy atom. The first-order valence-electron chi connectivity index (χ1n) is 8.76. The Kier molecular flexibility index (Phi) is 5.04. The van der Waals surface area contributed by atoms with E-state index in [1.54, 1.807) is 40.4 Å². The van der Waals surface area contributed by atoms with Crippen molar-refractivity contribution in [1.82, 2.24) is 20.1 Å². The minimum Gasteiger partial charge on any atom is -0.350 e. The van der Waals surface area contributed by atoms with Gasteiger partial charge in [-0.25, -0.2) is 9.67 Å². The van der Waals surface area contributed by atoms with E-state index >= 15 is 0 Å². The maximum Gasteiger partial charge on any atom is 0.271 e. The molecule has 0 aliphatic heterocycles. The maximum absolute atomic E-state index is 12.3. The van der Waals surface area contributed by atoms with E-state index in [2.05, 4.69) is 10.4 Å². The number of carbonyl (C=O) groups excluding carboxylic acids is 1. The van der Waals surface area contributed by atoms with Gasteiger partial charge >= 0.3 is 0 Å². The lowest BCUT2D eigenvalue weighted by Gasteiger charge is -2.06. The molecule has 0 bridgehead atoms. The van der Waals surface area contributed by atoms with Gasteiger partial charge in [-0.2, -0.15) is 5.10 Å². The summed E-state index contributed by atoms with van der Waals surface area (Å²) in [6.07, 6.45) is 7.27. The highest BCUT2D eigenvalue weighted by Crippen LogP contribution is 2.26. The molecule has 7 heteroatoms. The van der Waals surface area contributed by atoms with Crippen LogP contribution in [0, 0.1) is 0 Å². The molecule has 0 spiro atoms. The SMILES string of the molecule is O=C(NCCc1nc2c(s1)CCCC2)c1ccn(-c2cccc(Cl)c2)n1. The van der Waals surface area contributed by atoms with Gasteiger partial charge in [0.05, 0.1) is 16.4 Å². The van der Waals surface area contributed by atoms with Crippen LogP contribution in [0.4, 0.5) is 0 Å². The van der Waals surface area contributed by atoms with Crippen molar-refractivity contribution in [3.63, 3.8) is 0 Å². The first-order chi connectivity index (χ1) is 12.7. The summed E-state index contributed by atoms with van der Waals surface area (Å²) in [6.45, 7) is 0.565. The molecule has 2 heterocycles. The van der Waals surface area contributed by atoms with Crippen molar-refractivity contribution in [1.29, 1.82) is 0 Å². The largest absolute Gasteiger partial charge is 0.350 e. The van der Waals surface area contributed by atoms with Gasteiger partial charge in [0.1, 0.15) is 0 Å². The van der Waals surface area contributed by atoms with Crippen molar-refractivity contribution in [2.24, 2.45) is 0 Å². The van der Waals surface area contributed by atoms with Gasteiger partial charge in [0.15, 0.2) is 5.69 Å². The Balaban J connectivity index is 1.34. The molecule has 1 aliphatic carbocycles. The zero-order valence-corrected chi connectivity index (χ0v) is 15.8. The molecule has 134 valence electrons. The number of nitrogens with one attached hydrogen (secondary N) is 1. The van der Waals surface area contributed by atoms with Gasteiger partial charge in [-0.15, -0.1) is 11.3 Å². The number of aromatic nitrogens is 3. The summed E-state index contributed by atoms with van der Waals surface area (Å²) in [6, 6.07) is 9.06. The number of benzene rings is 1. The maximum atomic E-state index is 12.3. The number of hydrogen-bond donors (Lipinski definition) is 1. The van der Waals surface area contributed by atoms with Crippen LogP contribution in [0.5, 0.6) is 0 Å². The second-order valence-corrected chi connectivity index (χ2v) is 7.92. The minimum atomic E-state index is -0.174. The summed E-state index contributed by atoms with van der Waals surface area (Å²) in [5.74, 6) is -0.174.